The Morgan fingerprint density at radius 1 is 0.333 bits per heavy atom. The van der Waals surface area contributed by atoms with Crippen LogP contribution in [0.5, 0.6) is 0 Å². The fourth-order valence-electron chi connectivity index (χ4n) is 8.57. The van der Waals surface area contributed by atoms with Crippen LogP contribution in [0.4, 0.5) is 0 Å². The normalized spacial score (nSPS) is 11.9. The van der Waals surface area contributed by atoms with E-state index in [2.05, 4.69) is 158 Å². The van der Waals surface area contributed by atoms with Crippen LogP contribution in [0.15, 0.2) is 192 Å². The topological polar surface area (TPSA) is 51.8 Å². The van der Waals surface area contributed by atoms with Gasteiger partial charge in [0, 0.05) is 54.4 Å². The lowest BCUT2D eigenvalue weighted by atomic mass is 9.95. The van der Waals surface area contributed by atoms with E-state index in [1.54, 1.807) is 0 Å². The lowest BCUT2D eigenvalue weighted by Crippen LogP contribution is -1.91. The number of rotatable bonds is 4. The van der Waals surface area contributed by atoms with Crippen LogP contribution >= 0.6 is 0 Å². The second-order valence-electron chi connectivity index (χ2n) is 14.8. The molecule has 0 radical (unpaired) electrons. The fourth-order valence-corrected chi connectivity index (χ4v) is 8.57. The van der Waals surface area contributed by atoms with E-state index in [9.17, 15) is 0 Å². The van der Waals surface area contributed by atoms with Crippen molar-refractivity contribution in [3.63, 3.8) is 0 Å². The summed E-state index contributed by atoms with van der Waals surface area (Å²) in [6.07, 6.45) is 0. The van der Waals surface area contributed by atoms with Gasteiger partial charge < -0.3 is 4.42 Å². The van der Waals surface area contributed by atoms with Gasteiger partial charge in [0.15, 0.2) is 0 Å². The quantitative estimate of drug-likeness (QED) is 0.170. The van der Waals surface area contributed by atoms with Gasteiger partial charge in [-0.2, -0.15) is 0 Å². The van der Waals surface area contributed by atoms with Gasteiger partial charge in [-0.05, 0) is 70.4 Å². The van der Waals surface area contributed by atoms with Crippen LogP contribution in [-0.2, 0) is 0 Å². The first-order chi connectivity index (χ1) is 28.2. The first-order valence-corrected chi connectivity index (χ1v) is 19.3. The van der Waals surface area contributed by atoms with Crippen LogP contribution in [-0.4, -0.2) is 15.0 Å². The summed E-state index contributed by atoms with van der Waals surface area (Å²) in [6.45, 7) is 0. The van der Waals surface area contributed by atoms with Crippen LogP contribution in [0.3, 0.4) is 0 Å². The Kier molecular flexibility index (Phi) is 6.89. The van der Waals surface area contributed by atoms with Crippen LogP contribution < -0.4 is 0 Å². The molecule has 0 saturated heterocycles. The monoisotopic (exact) mass is 725 g/mol. The van der Waals surface area contributed by atoms with Crippen molar-refractivity contribution in [2.75, 3.05) is 0 Å². The molecule has 0 fully saturated rings. The molecule has 0 aliphatic carbocycles. The van der Waals surface area contributed by atoms with Crippen LogP contribution in [0.2, 0.25) is 0 Å². The van der Waals surface area contributed by atoms with Gasteiger partial charge in [-0.3, -0.25) is 0 Å². The molecule has 4 nitrogen and oxygen atoms in total. The number of fused-ring (bicyclic) bond motifs is 11. The van der Waals surface area contributed by atoms with E-state index in [0.29, 0.717) is 0 Å². The van der Waals surface area contributed by atoms with Gasteiger partial charge in [0.1, 0.15) is 11.2 Å². The molecule has 264 valence electrons. The van der Waals surface area contributed by atoms with E-state index in [1.165, 1.54) is 5.39 Å². The van der Waals surface area contributed by atoms with Gasteiger partial charge >= 0.3 is 0 Å². The van der Waals surface area contributed by atoms with Gasteiger partial charge in [0.2, 0.25) is 0 Å². The van der Waals surface area contributed by atoms with E-state index in [4.69, 9.17) is 19.4 Å². The highest BCUT2D eigenvalue weighted by Gasteiger charge is 2.18. The van der Waals surface area contributed by atoms with Crippen molar-refractivity contribution in [1.29, 1.82) is 0 Å². The fraction of sp³-hybridized carbons (Fsp3) is 0. The summed E-state index contributed by atoms with van der Waals surface area (Å²) in [7, 11) is 0. The molecule has 0 atom stereocenters. The van der Waals surface area contributed by atoms with Crippen molar-refractivity contribution in [2.24, 2.45) is 0 Å². The molecule has 4 heterocycles. The van der Waals surface area contributed by atoms with Crippen LogP contribution in [0, 0.1) is 0 Å². The summed E-state index contributed by atoms with van der Waals surface area (Å²) >= 11 is 0. The summed E-state index contributed by atoms with van der Waals surface area (Å²) in [5.41, 5.74) is 12.8. The average molecular weight is 726 g/mol. The molecule has 4 aromatic heterocycles. The predicted molar refractivity (Wildman–Crippen MR) is 236 cm³/mol. The van der Waals surface area contributed by atoms with Crippen molar-refractivity contribution in [3.05, 3.63) is 188 Å². The number of benzene rings is 8. The Morgan fingerprint density at radius 3 is 1.75 bits per heavy atom. The van der Waals surface area contributed by atoms with Crippen LogP contribution in [0.25, 0.3) is 121 Å². The standard InChI is InChI=1S/C53H31N3O/c1-2-9-33(10-3-1)45-27-23-34-19-20-35-24-28-46(55-52(35)51(34)54-45)38-22-18-32-17-21-37(30-40(32)31-38)36-11-8-12-39(29-36)50-44-26-25-42-41-13-5-7-16-48(41)57-53(42)49(44)43-14-4-6-15-47(43)56-50/h1-31H. The lowest BCUT2D eigenvalue weighted by Gasteiger charge is -2.12. The molecule has 4 heteroatoms. The Morgan fingerprint density at radius 2 is 0.930 bits per heavy atom. The van der Waals surface area contributed by atoms with Crippen LogP contribution in [0.1, 0.15) is 0 Å². The van der Waals surface area contributed by atoms with Gasteiger partial charge in [0.05, 0.1) is 33.6 Å². The minimum absolute atomic E-state index is 0.892. The zero-order valence-electron chi connectivity index (χ0n) is 30.6. The molecule has 0 N–H and O–H groups in total. The SMILES string of the molecule is c1ccc(-c2ccc3ccc4ccc(-c5ccc6ccc(-c7cccc(-c8nc9ccccc9c9c8ccc8c%10ccccc%10oc89)c7)cc6c5)nc4c3n2)cc1. The van der Waals surface area contributed by atoms with Crippen molar-refractivity contribution >= 4 is 76.2 Å². The average Bonchev–Trinajstić information content (AvgIpc) is 3.67. The summed E-state index contributed by atoms with van der Waals surface area (Å²) in [5, 5.41) is 9.97. The molecule has 0 amide bonds. The Balaban J connectivity index is 0.962. The van der Waals surface area contributed by atoms with Crippen molar-refractivity contribution in [1.82, 2.24) is 15.0 Å². The summed E-state index contributed by atoms with van der Waals surface area (Å²) < 4.78 is 6.57. The summed E-state index contributed by atoms with van der Waals surface area (Å²) in [4.78, 5) is 15.6. The van der Waals surface area contributed by atoms with Gasteiger partial charge in [0.25, 0.3) is 0 Å². The minimum Gasteiger partial charge on any atom is -0.455 e. The van der Waals surface area contributed by atoms with Crippen molar-refractivity contribution in [3.8, 4) is 44.9 Å². The third-order valence-corrected chi connectivity index (χ3v) is 11.4. The van der Waals surface area contributed by atoms with E-state index in [1.807, 2.05) is 30.3 Å². The van der Waals surface area contributed by atoms with Gasteiger partial charge in [-0.25, -0.2) is 15.0 Å². The van der Waals surface area contributed by atoms with E-state index in [-0.39, 0.29) is 0 Å². The first-order valence-electron chi connectivity index (χ1n) is 19.3. The van der Waals surface area contributed by atoms with Crippen molar-refractivity contribution in [2.45, 2.75) is 0 Å². The zero-order valence-corrected chi connectivity index (χ0v) is 30.6. The Bertz CT molecular complexity index is 3590. The first kappa shape index (κ1) is 31.6. The zero-order chi connectivity index (χ0) is 37.5. The highest BCUT2D eigenvalue weighted by molar-refractivity contribution is 6.24. The highest BCUT2D eigenvalue weighted by atomic mass is 16.3. The van der Waals surface area contributed by atoms with E-state index < -0.39 is 0 Å². The second-order valence-corrected chi connectivity index (χ2v) is 14.8. The number of aromatic nitrogens is 3. The van der Waals surface area contributed by atoms with Gasteiger partial charge in [-0.1, -0.05) is 140 Å². The molecule has 0 saturated carbocycles. The summed E-state index contributed by atoms with van der Waals surface area (Å²) in [5.74, 6) is 0. The lowest BCUT2D eigenvalue weighted by molar-refractivity contribution is 0.673. The Hall–Kier alpha value is -7.69. The predicted octanol–water partition coefficient (Wildman–Crippen LogP) is 14.2. The molecular weight excluding hydrogens is 695 g/mol. The molecule has 0 aliphatic heterocycles. The largest absolute Gasteiger partial charge is 0.455 e. The number of nitrogens with zero attached hydrogens (tertiary/aromatic N) is 3. The molecule has 57 heavy (non-hydrogen) atoms. The maximum atomic E-state index is 6.57. The van der Waals surface area contributed by atoms with E-state index >= 15 is 0 Å². The van der Waals surface area contributed by atoms with Crippen molar-refractivity contribution < 1.29 is 4.42 Å². The number of hydrogen-bond donors (Lipinski definition) is 0. The minimum atomic E-state index is 0.892. The number of pyridine rings is 3. The molecule has 8 aromatic carbocycles. The molecule has 0 unspecified atom stereocenters. The maximum absolute atomic E-state index is 6.57. The molecule has 12 rings (SSSR count). The number of para-hydroxylation sites is 2. The molecular formula is C53H31N3O. The molecule has 12 aromatic rings. The third kappa shape index (κ3) is 5.12. The number of furan rings is 1. The smallest absolute Gasteiger partial charge is 0.144 e. The Labute approximate surface area is 327 Å². The number of hydrogen-bond acceptors (Lipinski definition) is 4. The second kappa shape index (κ2) is 12.4. The third-order valence-electron chi connectivity index (χ3n) is 11.4. The summed E-state index contributed by atoms with van der Waals surface area (Å²) in [6, 6.07) is 66.2. The van der Waals surface area contributed by atoms with Gasteiger partial charge in [-0.15, -0.1) is 0 Å². The molecule has 0 spiro atoms. The molecule has 0 bridgehead atoms. The molecule has 0 aliphatic rings. The van der Waals surface area contributed by atoms with E-state index in [0.717, 1.165) is 116 Å². The maximum Gasteiger partial charge on any atom is 0.144 e. The highest BCUT2D eigenvalue weighted by Crippen LogP contribution is 2.41.